The lowest BCUT2D eigenvalue weighted by Gasteiger charge is -2.30. The Morgan fingerprint density at radius 3 is 2.48 bits per heavy atom. The molecule has 0 spiro atoms. The van der Waals surface area contributed by atoms with E-state index in [1.807, 2.05) is 18.7 Å². The molecule has 63 heavy (non-hydrogen) atoms. The number of nitrogens with zero attached hydrogens (tertiary/aromatic N) is 1. The van der Waals surface area contributed by atoms with Gasteiger partial charge in [0, 0.05) is 68.6 Å². The molecule has 2 amide bonds. The number of carbonyl (C=O) groups is 4. The van der Waals surface area contributed by atoms with Gasteiger partial charge in [0.15, 0.2) is 17.4 Å². The molecule has 1 aromatic heterocycles. The van der Waals surface area contributed by atoms with Gasteiger partial charge in [-0.2, -0.15) is 0 Å². The number of aliphatic hydroxyl groups is 1. The van der Waals surface area contributed by atoms with E-state index in [4.69, 9.17) is 38.6 Å². The predicted octanol–water partition coefficient (Wildman–Crippen LogP) is 3.70. The second-order valence-corrected chi connectivity index (χ2v) is 15.9. The number of nitrogens with two attached hydrogens (primary N) is 1. The Hall–Kier alpha value is -5.59. The van der Waals surface area contributed by atoms with Crippen molar-refractivity contribution in [2.45, 2.75) is 71.9 Å². The Balaban J connectivity index is 1.28. The zero-order valence-corrected chi connectivity index (χ0v) is 37.0. The lowest BCUT2D eigenvalue weighted by molar-refractivity contribution is -0.120. The Morgan fingerprint density at radius 2 is 1.78 bits per heavy atom. The summed E-state index contributed by atoms with van der Waals surface area (Å²) in [5, 5.41) is 17.6. The number of Topliss-reactive ketones (excluding diaryl/α,β-unsaturated/α-hetero) is 1. The fourth-order valence-corrected chi connectivity index (χ4v) is 7.76. The third-order valence-electron chi connectivity index (χ3n) is 11.2. The second-order valence-electron chi connectivity index (χ2n) is 15.9. The topological polar surface area (TPSA) is 227 Å². The smallest absolute Gasteiger partial charge is 0.405 e. The van der Waals surface area contributed by atoms with E-state index in [9.17, 15) is 29.1 Å². The third kappa shape index (κ3) is 12.5. The molecule has 2 aliphatic heterocycles. The van der Waals surface area contributed by atoms with E-state index < -0.39 is 53.9 Å². The minimum absolute atomic E-state index is 0.0862. The molecule has 3 aliphatic rings. The molecule has 3 heterocycles. The molecular formula is C46H60N4O13. The lowest BCUT2D eigenvalue weighted by Crippen LogP contribution is -2.38. The summed E-state index contributed by atoms with van der Waals surface area (Å²) in [5.41, 5.74) is 7.26. The molecule has 17 heteroatoms. The van der Waals surface area contributed by atoms with Crippen molar-refractivity contribution in [2.75, 3.05) is 71.8 Å². The molecule has 5 rings (SSSR count). The van der Waals surface area contributed by atoms with Crippen LogP contribution in [0.1, 0.15) is 46.1 Å². The Kier molecular flexibility index (Phi) is 17.4. The first kappa shape index (κ1) is 48.4. The molecule has 342 valence electrons. The number of methoxy groups -OCH3 is 2. The second kappa shape index (κ2) is 22.7. The lowest BCUT2D eigenvalue weighted by atomic mass is 9.85. The number of hydrogen-bond donors (Lipinski definition) is 4. The highest BCUT2D eigenvalue weighted by molar-refractivity contribution is 6.23. The van der Waals surface area contributed by atoms with Gasteiger partial charge in [0.2, 0.25) is 11.6 Å². The SMILES string of the molecule is CO[C@H]1/C=C\C=C(/C)C(=O)NC2=CC(=O)C(NCCOCCOc3ccc4c(=O)cc(N5CCOCC5)oc4c3C)=C(C[C@@H](C)C[C@H](OC)[C@H](O)[C@@H](C)/C=C(\C)[C@@H]1OC(N)=O)C2=O. The molecule has 2 bridgehead atoms. The summed E-state index contributed by atoms with van der Waals surface area (Å²) in [6, 6.07) is 4.91. The summed E-state index contributed by atoms with van der Waals surface area (Å²) in [4.78, 5) is 67.8. The number of allylic oxidation sites excluding steroid dienone is 4. The van der Waals surface area contributed by atoms with E-state index in [0.717, 1.165) is 6.08 Å². The van der Waals surface area contributed by atoms with Gasteiger partial charge in [0.1, 0.15) is 24.0 Å². The third-order valence-corrected chi connectivity index (χ3v) is 11.2. The monoisotopic (exact) mass is 876 g/mol. The number of hydrogen-bond acceptors (Lipinski definition) is 15. The van der Waals surface area contributed by atoms with Gasteiger partial charge in [0.05, 0.1) is 55.4 Å². The van der Waals surface area contributed by atoms with Crippen LogP contribution in [0.25, 0.3) is 11.0 Å². The van der Waals surface area contributed by atoms with Crippen molar-refractivity contribution in [3.8, 4) is 5.75 Å². The highest BCUT2D eigenvalue weighted by Gasteiger charge is 2.33. The minimum atomic E-state index is -1.02. The molecule has 2 aromatic rings. The van der Waals surface area contributed by atoms with Crippen molar-refractivity contribution in [1.82, 2.24) is 10.6 Å². The van der Waals surface area contributed by atoms with E-state index >= 15 is 0 Å². The molecule has 1 fully saturated rings. The quantitative estimate of drug-likeness (QED) is 0.136. The highest BCUT2D eigenvalue weighted by Crippen LogP contribution is 2.31. The van der Waals surface area contributed by atoms with Crippen LogP contribution in [0.4, 0.5) is 10.7 Å². The number of primary amides is 1. The largest absolute Gasteiger partial charge is 0.491 e. The first-order chi connectivity index (χ1) is 30.1. The normalized spacial score (nSPS) is 26.6. The van der Waals surface area contributed by atoms with Crippen LogP contribution in [0.2, 0.25) is 0 Å². The van der Waals surface area contributed by atoms with Crippen molar-refractivity contribution in [1.29, 1.82) is 0 Å². The maximum absolute atomic E-state index is 14.1. The number of fused-ring (bicyclic) bond motifs is 3. The number of nitrogens with one attached hydrogen (secondary N) is 2. The zero-order chi connectivity index (χ0) is 45.8. The maximum Gasteiger partial charge on any atom is 0.405 e. The number of amides is 2. The number of anilines is 1. The average Bonchev–Trinajstić information content (AvgIpc) is 3.26. The molecule has 6 atom stereocenters. The van der Waals surface area contributed by atoms with Gasteiger partial charge >= 0.3 is 6.09 Å². The van der Waals surface area contributed by atoms with Crippen LogP contribution in [0.5, 0.6) is 5.75 Å². The summed E-state index contributed by atoms with van der Waals surface area (Å²) in [6.07, 6.45) is 3.38. The number of carbonyl (C=O) groups excluding carboxylic acids is 4. The van der Waals surface area contributed by atoms with E-state index in [2.05, 4.69) is 10.6 Å². The number of aliphatic hydroxyl groups excluding tert-OH is 1. The first-order valence-electron chi connectivity index (χ1n) is 21.1. The average molecular weight is 877 g/mol. The molecular weight excluding hydrogens is 817 g/mol. The Morgan fingerprint density at radius 1 is 1.03 bits per heavy atom. The maximum atomic E-state index is 14.1. The van der Waals surface area contributed by atoms with Gasteiger partial charge in [0.25, 0.3) is 5.91 Å². The first-order valence-corrected chi connectivity index (χ1v) is 21.1. The highest BCUT2D eigenvalue weighted by atomic mass is 16.6. The number of ketones is 2. The van der Waals surface area contributed by atoms with Crippen molar-refractivity contribution in [3.05, 3.63) is 92.5 Å². The van der Waals surface area contributed by atoms with Gasteiger partial charge in [-0.1, -0.05) is 38.2 Å². The van der Waals surface area contributed by atoms with Gasteiger partial charge in [-0.15, -0.1) is 0 Å². The predicted molar refractivity (Wildman–Crippen MR) is 234 cm³/mol. The van der Waals surface area contributed by atoms with Crippen LogP contribution in [0.15, 0.2) is 85.9 Å². The molecule has 1 aliphatic carbocycles. The molecule has 17 nitrogen and oxygen atoms in total. The molecule has 1 saturated heterocycles. The van der Waals surface area contributed by atoms with Crippen LogP contribution >= 0.6 is 0 Å². The fourth-order valence-electron chi connectivity index (χ4n) is 7.76. The van der Waals surface area contributed by atoms with Crippen LogP contribution in [0, 0.1) is 18.8 Å². The molecule has 5 N–H and O–H groups in total. The van der Waals surface area contributed by atoms with Gasteiger partial charge in [-0.3, -0.25) is 19.2 Å². The summed E-state index contributed by atoms with van der Waals surface area (Å²) in [5.74, 6) is -1.39. The number of morpholine rings is 1. The van der Waals surface area contributed by atoms with Gasteiger partial charge in [-0.25, -0.2) is 4.79 Å². The standard InChI is InChI=1S/C46H60N4O13/c1-26-21-32-40(48-13-16-59-19-20-61-36-12-11-31-34(51)25-39(62-44(31)30(36)5)50-14-17-60-18-15-50)35(52)24-33(42(32)54)49-45(55)27(2)9-8-10-37(57-6)43(63-46(47)56)29(4)23-28(3)41(53)38(22-26)58-7/h8-12,23-26,28,37-38,41,43,48,53H,13-22H2,1-7H3,(H2,47,56)(H,49,55)/b10-8-,27-9+,29-23+/t26-,28+,37+,38+,41-,43+/m1/s1. The van der Waals surface area contributed by atoms with Crippen molar-refractivity contribution in [3.63, 3.8) is 0 Å². The Labute approximate surface area is 366 Å². The minimum Gasteiger partial charge on any atom is -0.491 e. The van der Waals surface area contributed by atoms with Crippen molar-refractivity contribution in [2.24, 2.45) is 17.6 Å². The number of aryl methyl sites for hydroxylation is 1. The van der Waals surface area contributed by atoms with E-state index in [0.29, 0.717) is 66.5 Å². The zero-order valence-electron chi connectivity index (χ0n) is 37.0. The summed E-state index contributed by atoms with van der Waals surface area (Å²) < 4.78 is 40.2. The fraction of sp³-hybridized carbons (Fsp3) is 0.500. The van der Waals surface area contributed by atoms with E-state index in [1.54, 1.807) is 44.2 Å². The van der Waals surface area contributed by atoms with E-state index in [-0.39, 0.29) is 66.7 Å². The molecule has 0 unspecified atom stereocenters. The summed E-state index contributed by atoms with van der Waals surface area (Å²) in [7, 11) is 2.90. The van der Waals surface area contributed by atoms with Crippen LogP contribution in [-0.4, -0.2) is 120 Å². The van der Waals surface area contributed by atoms with Crippen molar-refractivity contribution < 1.29 is 57.1 Å². The summed E-state index contributed by atoms with van der Waals surface area (Å²) >= 11 is 0. The number of benzene rings is 1. The van der Waals surface area contributed by atoms with Crippen LogP contribution in [-0.2, 0) is 38.1 Å². The Bertz CT molecular complexity index is 2220. The molecule has 0 saturated carbocycles. The van der Waals surface area contributed by atoms with Gasteiger partial charge in [-0.05, 0) is 57.2 Å². The van der Waals surface area contributed by atoms with Crippen LogP contribution < -0.4 is 31.4 Å². The molecule has 1 aromatic carbocycles. The number of rotatable bonds is 12. The molecule has 0 radical (unpaired) electrons. The van der Waals surface area contributed by atoms with Gasteiger partial charge < -0.3 is 59.2 Å². The van der Waals surface area contributed by atoms with Crippen molar-refractivity contribution >= 4 is 40.4 Å². The van der Waals surface area contributed by atoms with E-state index in [1.165, 1.54) is 33.3 Å². The summed E-state index contributed by atoms with van der Waals surface area (Å²) in [6.45, 7) is 11.8. The number of ether oxygens (including phenoxy) is 6. The van der Waals surface area contributed by atoms with Crippen LogP contribution in [0.3, 0.4) is 0 Å².